The van der Waals surface area contributed by atoms with Crippen molar-refractivity contribution in [2.45, 2.75) is 23.8 Å². The van der Waals surface area contributed by atoms with E-state index in [1.54, 1.807) is 18.2 Å². The number of benzene rings is 2. The number of sulfonamides is 1. The van der Waals surface area contributed by atoms with Gasteiger partial charge in [-0.15, -0.1) is 0 Å². The molecule has 3 aromatic rings. The maximum atomic E-state index is 12.8. The first-order valence-corrected chi connectivity index (χ1v) is 12.5. The Morgan fingerprint density at radius 2 is 1.94 bits per heavy atom. The number of carbonyl (C=O) groups is 2. The number of likely N-dealkylation sites (N-methyl/N-ethyl adjacent to an activating group) is 1. The number of fused-ring (bicyclic) bond motifs is 1. The monoisotopic (exact) mass is 489 g/mol. The molecule has 11 heteroatoms. The summed E-state index contributed by atoms with van der Waals surface area (Å²) in [5.41, 5.74) is 1.33. The lowest BCUT2D eigenvalue weighted by molar-refractivity contribution is 0.0600. The zero-order chi connectivity index (χ0) is 23.6. The number of esters is 1. The molecule has 0 spiro atoms. The van der Waals surface area contributed by atoms with Gasteiger partial charge in [-0.25, -0.2) is 18.2 Å². The average Bonchev–Trinajstić information content (AvgIpc) is 3.47. The number of carbonyl (C=O) groups excluding carboxylic acids is 2. The molecule has 1 aliphatic heterocycles. The second kappa shape index (κ2) is 9.56. The number of aromatic nitrogens is 1. The predicted octanol–water partition coefficient (Wildman–Crippen LogP) is 3.13. The van der Waals surface area contributed by atoms with Crippen LogP contribution in [0.4, 0.5) is 5.13 Å². The van der Waals surface area contributed by atoms with E-state index in [2.05, 4.69) is 10.3 Å². The zero-order valence-corrected chi connectivity index (χ0v) is 19.7. The van der Waals surface area contributed by atoms with Crippen LogP contribution in [0.25, 0.3) is 10.2 Å². The highest BCUT2D eigenvalue weighted by atomic mass is 32.2. The Morgan fingerprint density at radius 1 is 1.21 bits per heavy atom. The maximum Gasteiger partial charge on any atom is 0.337 e. The summed E-state index contributed by atoms with van der Waals surface area (Å²) in [6.45, 7) is 0.948. The lowest BCUT2D eigenvalue weighted by Crippen LogP contribution is -2.34. The summed E-state index contributed by atoms with van der Waals surface area (Å²) in [6, 6.07) is 10.7. The van der Waals surface area contributed by atoms with Crippen LogP contribution < -0.4 is 5.32 Å². The second-order valence-corrected chi connectivity index (χ2v) is 10.7. The molecular weight excluding hydrogens is 466 g/mol. The molecule has 0 saturated carbocycles. The summed E-state index contributed by atoms with van der Waals surface area (Å²) in [4.78, 5) is 28.8. The minimum Gasteiger partial charge on any atom is -0.465 e. The van der Waals surface area contributed by atoms with Crippen molar-refractivity contribution < 1.29 is 27.5 Å². The van der Waals surface area contributed by atoms with Gasteiger partial charge in [-0.05, 0) is 55.3 Å². The second-order valence-electron chi connectivity index (χ2n) is 7.59. The molecule has 1 fully saturated rings. The van der Waals surface area contributed by atoms with Crippen molar-refractivity contribution in [2.24, 2.45) is 0 Å². The fourth-order valence-electron chi connectivity index (χ4n) is 3.52. The van der Waals surface area contributed by atoms with Gasteiger partial charge < -0.3 is 9.47 Å². The van der Waals surface area contributed by atoms with Crippen molar-refractivity contribution in [3.05, 3.63) is 53.6 Å². The van der Waals surface area contributed by atoms with Crippen molar-refractivity contribution in [1.29, 1.82) is 0 Å². The molecule has 0 bridgehead atoms. The van der Waals surface area contributed by atoms with Gasteiger partial charge in [-0.1, -0.05) is 11.3 Å². The molecule has 2 heterocycles. The van der Waals surface area contributed by atoms with E-state index in [0.29, 0.717) is 34.9 Å². The van der Waals surface area contributed by atoms with Gasteiger partial charge >= 0.3 is 5.97 Å². The summed E-state index contributed by atoms with van der Waals surface area (Å²) < 4.78 is 37.9. The Bertz CT molecular complexity index is 1280. The van der Waals surface area contributed by atoms with E-state index in [1.165, 1.54) is 54.1 Å². The molecule has 1 atom stereocenters. The zero-order valence-electron chi connectivity index (χ0n) is 18.1. The van der Waals surface area contributed by atoms with E-state index in [1.807, 2.05) is 0 Å². The highest BCUT2D eigenvalue weighted by molar-refractivity contribution is 7.89. The summed E-state index contributed by atoms with van der Waals surface area (Å²) in [6.07, 6.45) is 1.69. The Kier molecular flexibility index (Phi) is 6.75. The van der Waals surface area contributed by atoms with Gasteiger partial charge in [-0.2, -0.15) is 4.31 Å². The van der Waals surface area contributed by atoms with Crippen LogP contribution in [0.3, 0.4) is 0 Å². The lowest BCUT2D eigenvalue weighted by atomic mass is 10.2. The quantitative estimate of drug-likeness (QED) is 0.507. The predicted molar refractivity (Wildman–Crippen MR) is 124 cm³/mol. The van der Waals surface area contributed by atoms with Crippen molar-refractivity contribution >= 4 is 48.6 Å². The number of hydrogen-bond acceptors (Lipinski definition) is 8. The van der Waals surface area contributed by atoms with Gasteiger partial charge in [0.25, 0.3) is 5.91 Å². The Hall–Kier alpha value is -2.86. The highest BCUT2D eigenvalue weighted by Crippen LogP contribution is 2.27. The third-order valence-corrected chi connectivity index (χ3v) is 8.11. The smallest absolute Gasteiger partial charge is 0.337 e. The fourth-order valence-corrected chi connectivity index (χ4v) is 5.63. The first-order valence-electron chi connectivity index (χ1n) is 10.3. The van der Waals surface area contributed by atoms with Crippen LogP contribution in [-0.2, 0) is 19.5 Å². The van der Waals surface area contributed by atoms with Crippen LogP contribution >= 0.6 is 11.3 Å². The molecular formula is C22H23N3O6S2. The van der Waals surface area contributed by atoms with Crippen molar-refractivity contribution in [3.8, 4) is 0 Å². The molecule has 1 aliphatic rings. The summed E-state index contributed by atoms with van der Waals surface area (Å²) >= 11 is 1.22. The van der Waals surface area contributed by atoms with Crippen molar-refractivity contribution in [3.63, 3.8) is 0 Å². The van der Waals surface area contributed by atoms with Gasteiger partial charge in [0.05, 0.1) is 33.9 Å². The number of nitrogens with one attached hydrogen (secondary N) is 1. The first kappa shape index (κ1) is 23.3. The van der Waals surface area contributed by atoms with Crippen LogP contribution in [0.1, 0.15) is 33.6 Å². The van der Waals surface area contributed by atoms with Gasteiger partial charge in [0.2, 0.25) is 10.0 Å². The first-order chi connectivity index (χ1) is 15.8. The van der Waals surface area contributed by atoms with Gasteiger partial charge in [0.1, 0.15) is 0 Å². The number of ether oxygens (including phenoxy) is 2. The van der Waals surface area contributed by atoms with E-state index in [-0.39, 0.29) is 11.0 Å². The molecule has 0 radical (unpaired) electrons. The lowest BCUT2D eigenvalue weighted by Gasteiger charge is -2.20. The van der Waals surface area contributed by atoms with Gasteiger partial charge in [0.15, 0.2) is 5.13 Å². The molecule has 1 aromatic heterocycles. The normalized spacial score (nSPS) is 16.3. The number of methoxy groups -OCH3 is 1. The number of thiazole rings is 1. The van der Waals surface area contributed by atoms with Crippen LogP contribution in [0, 0.1) is 0 Å². The van der Waals surface area contributed by atoms with Crippen molar-refractivity contribution in [2.75, 3.05) is 32.6 Å². The van der Waals surface area contributed by atoms with Gasteiger partial charge in [0, 0.05) is 25.8 Å². The molecule has 9 nitrogen and oxygen atoms in total. The third-order valence-electron chi connectivity index (χ3n) is 5.34. The number of rotatable bonds is 7. The van der Waals surface area contributed by atoms with E-state index >= 15 is 0 Å². The fraction of sp³-hybridized carbons (Fsp3) is 0.318. The summed E-state index contributed by atoms with van der Waals surface area (Å²) in [5.74, 6) is -0.869. The standard InChI is InChI=1S/C22H23N3O6S2/c1-25(13-16-4-3-11-31-16)33(28,29)17-8-5-14(6-9-17)20(26)24-22-23-18-10-7-15(21(27)30-2)12-19(18)32-22/h5-10,12,16H,3-4,11,13H2,1-2H3,(H,23,24,26). The van der Waals surface area contributed by atoms with E-state index in [9.17, 15) is 18.0 Å². The molecule has 1 unspecified atom stereocenters. The van der Waals surface area contributed by atoms with Crippen LogP contribution in [0.5, 0.6) is 0 Å². The molecule has 2 aromatic carbocycles. The molecule has 1 N–H and O–H groups in total. The van der Waals surface area contributed by atoms with Crippen LogP contribution in [0.15, 0.2) is 47.4 Å². The number of hydrogen-bond donors (Lipinski definition) is 1. The van der Waals surface area contributed by atoms with E-state index in [4.69, 9.17) is 9.47 Å². The Balaban J connectivity index is 1.45. The van der Waals surface area contributed by atoms with E-state index in [0.717, 1.165) is 17.5 Å². The summed E-state index contributed by atoms with van der Waals surface area (Å²) in [5, 5.41) is 3.08. The molecule has 1 saturated heterocycles. The minimum absolute atomic E-state index is 0.0904. The molecule has 0 aliphatic carbocycles. The minimum atomic E-state index is -3.68. The molecule has 1 amide bonds. The van der Waals surface area contributed by atoms with Crippen LogP contribution in [0.2, 0.25) is 0 Å². The SMILES string of the molecule is COC(=O)c1ccc2nc(NC(=O)c3ccc(S(=O)(=O)N(C)CC4CCCO4)cc3)sc2c1. The largest absolute Gasteiger partial charge is 0.465 e. The number of anilines is 1. The molecule has 33 heavy (non-hydrogen) atoms. The average molecular weight is 490 g/mol. The summed E-state index contributed by atoms with van der Waals surface area (Å²) in [7, 11) is -0.852. The maximum absolute atomic E-state index is 12.8. The van der Waals surface area contributed by atoms with E-state index < -0.39 is 21.9 Å². The molecule has 4 rings (SSSR count). The van der Waals surface area contributed by atoms with Crippen molar-refractivity contribution in [1.82, 2.24) is 9.29 Å². The third kappa shape index (κ3) is 5.06. The molecule has 174 valence electrons. The number of amides is 1. The Labute approximate surface area is 195 Å². The Morgan fingerprint density at radius 3 is 2.61 bits per heavy atom. The highest BCUT2D eigenvalue weighted by Gasteiger charge is 2.26. The van der Waals surface area contributed by atoms with Gasteiger partial charge in [-0.3, -0.25) is 10.1 Å². The van der Waals surface area contributed by atoms with Crippen LogP contribution in [-0.4, -0.2) is 63.0 Å². The number of nitrogens with zero attached hydrogens (tertiary/aromatic N) is 2. The topological polar surface area (TPSA) is 115 Å².